The van der Waals surface area contributed by atoms with Gasteiger partial charge in [-0.25, -0.2) is 0 Å². The Kier molecular flexibility index (Phi) is 8.53. The molecule has 2 nitrogen and oxygen atoms in total. The van der Waals surface area contributed by atoms with E-state index in [1.165, 1.54) is 77.4 Å². The van der Waals surface area contributed by atoms with Gasteiger partial charge in [-0.05, 0) is 122 Å². The van der Waals surface area contributed by atoms with E-state index in [0.29, 0.717) is 0 Å². The average Bonchev–Trinajstić information content (AvgIpc) is 3.68. The Hall–Kier alpha value is -8.20. The third-order valence-electron chi connectivity index (χ3n) is 12.6. The minimum Gasteiger partial charge on any atom is -0.310 e. The zero-order chi connectivity index (χ0) is 41.0. The largest absolute Gasteiger partial charge is 0.310 e. The monoisotopic (exact) mass is 788 g/mol. The van der Waals surface area contributed by atoms with Crippen molar-refractivity contribution in [3.63, 3.8) is 0 Å². The van der Waals surface area contributed by atoms with Gasteiger partial charge in [0.15, 0.2) is 0 Å². The molecule has 2 heteroatoms. The van der Waals surface area contributed by atoms with Crippen LogP contribution in [0.15, 0.2) is 243 Å². The highest BCUT2D eigenvalue weighted by molar-refractivity contribution is 6.11. The van der Waals surface area contributed by atoms with E-state index in [2.05, 4.69) is 252 Å². The summed E-state index contributed by atoms with van der Waals surface area (Å²) in [4.78, 5) is 2.48. The minimum atomic E-state index is 1.08. The molecule has 1 aromatic heterocycles. The summed E-state index contributed by atoms with van der Waals surface area (Å²) in [6.45, 7) is 0. The molecular weight excluding hydrogens is 749 g/mol. The number of fused-ring (bicyclic) bond motifs is 11. The molecule has 0 radical (unpaired) electrons. The molecule has 1 aliphatic carbocycles. The van der Waals surface area contributed by atoms with Crippen molar-refractivity contribution in [1.29, 1.82) is 0 Å². The maximum absolute atomic E-state index is 2.48. The molecule has 0 amide bonds. The lowest BCUT2D eigenvalue weighted by Crippen LogP contribution is -2.12. The molecule has 0 saturated heterocycles. The minimum absolute atomic E-state index is 1.08. The van der Waals surface area contributed by atoms with Crippen LogP contribution in [0.3, 0.4) is 0 Å². The normalized spacial score (nSPS) is 11.5. The molecule has 62 heavy (non-hydrogen) atoms. The summed E-state index contributed by atoms with van der Waals surface area (Å²) in [7, 11) is 0. The Balaban J connectivity index is 1.15. The van der Waals surface area contributed by atoms with Gasteiger partial charge in [-0.1, -0.05) is 182 Å². The maximum Gasteiger partial charge on any atom is 0.0542 e. The maximum atomic E-state index is 2.48. The van der Waals surface area contributed by atoms with E-state index >= 15 is 0 Å². The number of benzene rings is 10. The van der Waals surface area contributed by atoms with Crippen molar-refractivity contribution in [2.45, 2.75) is 0 Å². The lowest BCUT2D eigenvalue weighted by Gasteiger charge is -2.30. The molecule has 290 valence electrons. The number of rotatable bonds is 6. The highest BCUT2D eigenvalue weighted by Crippen LogP contribution is 2.51. The summed E-state index contributed by atoms with van der Waals surface area (Å²) in [5.41, 5.74) is 21.3. The molecule has 11 aromatic rings. The van der Waals surface area contributed by atoms with Gasteiger partial charge in [0.2, 0.25) is 0 Å². The van der Waals surface area contributed by atoms with E-state index in [1.54, 1.807) is 0 Å². The van der Waals surface area contributed by atoms with Crippen LogP contribution in [0.25, 0.3) is 94.3 Å². The second-order valence-corrected chi connectivity index (χ2v) is 16.1. The molecule has 1 heterocycles. The molecule has 0 saturated carbocycles. The summed E-state index contributed by atoms with van der Waals surface area (Å²) in [5, 5.41) is 2.43. The van der Waals surface area contributed by atoms with Crippen LogP contribution in [-0.4, -0.2) is 4.57 Å². The van der Waals surface area contributed by atoms with Crippen LogP contribution in [0.1, 0.15) is 0 Å². The predicted octanol–water partition coefficient (Wildman–Crippen LogP) is 16.6. The number of para-hydroxylation sites is 2. The first-order chi connectivity index (χ1) is 30.8. The van der Waals surface area contributed by atoms with Crippen LogP contribution >= 0.6 is 0 Å². The van der Waals surface area contributed by atoms with Crippen LogP contribution in [0.5, 0.6) is 0 Å². The van der Waals surface area contributed by atoms with Crippen LogP contribution in [-0.2, 0) is 0 Å². The fourth-order valence-corrected chi connectivity index (χ4v) is 9.76. The molecule has 0 aliphatic heterocycles. The van der Waals surface area contributed by atoms with Gasteiger partial charge >= 0.3 is 0 Å². The van der Waals surface area contributed by atoms with Gasteiger partial charge in [0.1, 0.15) is 0 Å². The quantitative estimate of drug-likeness (QED) is 0.163. The fraction of sp³-hybridized carbons (Fsp3) is 0. The molecule has 10 aromatic carbocycles. The van der Waals surface area contributed by atoms with Crippen LogP contribution < -0.4 is 4.90 Å². The van der Waals surface area contributed by atoms with Gasteiger partial charge in [0.05, 0.1) is 16.7 Å². The second-order valence-electron chi connectivity index (χ2n) is 16.1. The number of nitrogens with zero attached hydrogens (tertiary/aromatic N) is 2. The van der Waals surface area contributed by atoms with E-state index in [4.69, 9.17) is 0 Å². The Morgan fingerprint density at radius 2 is 0.726 bits per heavy atom. The van der Waals surface area contributed by atoms with E-state index in [0.717, 1.165) is 33.9 Å². The smallest absolute Gasteiger partial charge is 0.0542 e. The lowest BCUT2D eigenvalue weighted by molar-refractivity contribution is 1.18. The molecule has 12 rings (SSSR count). The Morgan fingerprint density at radius 1 is 0.258 bits per heavy atom. The van der Waals surface area contributed by atoms with Crippen molar-refractivity contribution in [2.75, 3.05) is 4.90 Å². The van der Waals surface area contributed by atoms with Gasteiger partial charge in [-0.15, -0.1) is 0 Å². The van der Waals surface area contributed by atoms with E-state index in [-0.39, 0.29) is 0 Å². The van der Waals surface area contributed by atoms with E-state index in [9.17, 15) is 0 Å². The third kappa shape index (κ3) is 5.88. The SMILES string of the molecule is c1ccc(-c2ccc(N(c3ccc4c(c3)-c3ccccc3-c3ccccc3-c3ccccc3-4)c3ccc4c(c3)c3ccccc3n4-c3ccccc3)c(-c3ccccc3)c2)cc1. The Morgan fingerprint density at radius 3 is 1.35 bits per heavy atom. The molecule has 0 atom stereocenters. The summed E-state index contributed by atoms with van der Waals surface area (Å²) in [6, 6.07) is 88.7. The summed E-state index contributed by atoms with van der Waals surface area (Å²) >= 11 is 0. The van der Waals surface area contributed by atoms with Gasteiger partial charge in [-0.2, -0.15) is 0 Å². The average molecular weight is 789 g/mol. The Bertz CT molecular complexity index is 3450. The van der Waals surface area contributed by atoms with Crippen LogP contribution in [0.2, 0.25) is 0 Å². The number of aromatic nitrogens is 1. The van der Waals surface area contributed by atoms with Crippen molar-refractivity contribution in [2.24, 2.45) is 0 Å². The zero-order valence-corrected chi connectivity index (χ0v) is 34.0. The number of anilines is 3. The molecule has 0 unspecified atom stereocenters. The standard InChI is InChI=1S/C60H40N2/c1-4-18-41(19-5-1)43-32-36-59(55(38-43)42-20-6-2-7-21-42)61(46-34-37-60-57(40-46)54-30-16-17-31-58(54)62(60)44-22-8-3-9-23-44)45-33-35-53-51-28-13-12-26-49(51)47-24-10-11-25-48(47)50-27-14-15-29-52(50)56(53)39-45/h1-40H. The van der Waals surface area contributed by atoms with Crippen LogP contribution in [0.4, 0.5) is 17.1 Å². The van der Waals surface area contributed by atoms with Crippen molar-refractivity contribution < 1.29 is 0 Å². The first-order valence-electron chi connectivity index (χ1n) is 21.3. The summed E-state index contributed by atoms with van der Waals surface area (Å²) < 4.78 is 2.39. The second kappa shape index (κ2) is 14.8. The summed E-state index contributed by atoms with van der Waals surface area (Å²) in [6.07, 6.45) is 0. The number of hydrogen-bond donors (Lipinski definition) is 0. The molecule has 0 bridgehead atoms. The van der Waals surface area contributed by atoms with Gasteiger partial charge in [0.25, 0.3) is 0 Å². The summed E-state index contributed by atoms with van der Waals surface area (Å²) in [5.74, 6) is 0. The third-order valence-corrected chi connectivity index (χ3v) is 12.6. The lowest BCUT2D eigenvalue weighted by atomic mass is 9.81. The Labute approximate surface area is 361 Å². The van der Waals surface area contributed by atoms with Gasteiger partial charge in [-0.3, -0.25) is 0 Å². The molecule has 0 spiro atoms. The van der Waals surface area contributed by atoms with E-state index in [1.807, 2.05) is 0 Å². The molecule has 0 fully saturated rings. The predicted molar refractivity (Wildman–Crippen MR) is 262 cm³/mol. The highest BCUT2D eigenvalue weighted by atomic mass is 15.1. The topological polar surface area (TPSA) is 8.17 Å². The molecule has 1 aliphatic rings. The van der Waals surface area contributed by atoms with Crippen molar-refractivity contribution in [3.05, 3.63) is 243 Å². The first kappa shape index (κ1) is 35.7. The van der Waals surface area contributed by atoms with Gasteiger partial charge in [0, 0.05) is 33.4 Å². The molecular formula is C60H40N2. The zero-order valence-electron chi connectivity index (χ0n) is 34.0. The number of hydrogen-bond acceptors (Lipinski definition) is 1. The highest BCUT2D eigenvalue weighted by Gasteiger charge is 2.25. The van der Waals surface area contributed by atoms with Gasteiger partial charge < -0.3 is 9.47 Å². The van der Waals surface area contributed by atoms with Crippen molar-refractivity contribution in [1.82, 2.24) is 4.57 Å². The van der Waals surface area contributed by atoms with E-state index < -0.39 is 0 Å². The van der Waals surface area contributed by atoms with Crippen molar-refractivity contribution >= 4 is 38.9 Å². The fourth-order valence-electron chi connectivity index (χ4n) is 9.76. The molecule has 0 N–H and O–H groups in total. The van der Waals surface area contributed by atoms with Crippen molar-refractivity contribution in [3.8, 4) is 72.4 Å². The first-order valence-corrected chi connectivity index (χ1v) is 21.3. The van der Waals surface area contributed by atoms with Crippen LogP contribution in [0, 0.1) is 0 Å².